The zero-order chi connectivity index (χ0) is 47.1. The molecule has 3 heterocycles. The minimum absolute atomic E-state index is 0.0564. The number of amides is 6. The van der Waals surface area contributed by atoms with Crippen molar-refractivity contribution in [3.05, 3.63) is 0 Å². The number of unbranched alkanes of at least 4 members (excludes halogenated alkanes) is 10. The third kappa shape index (κ3) is 24.7. The molecular formula is C45H83N7O10S2. The number of hydrogen-bond acceptors (Lipinski definition) is 13. The maximum atomic E-state index is 12.4. The van der Waals surface area contributed by atoms with E-state index in [9.17, 15) is 44.1 Å². The van der Waals surface area contributed by atoms with E-state index in [4.69, 9.17) is 4.74 Å². The number of Topliss-reactive ketones (excluding diaryl/α,β-unsaturated/α-hetero) is 1. The van der Waals surface area contributed by atoms with Crippen LogP contribution in [0.15, 0.2) is 0 Å². The van der Waals surface area contributed by atoms with Crippen molar-refractivity contribution in [1.82, 2.24) is 36.8 Å². The first kappa shape index (κ1) is 57.4. The number of urea groups is 1. The summed E-state index contributed by atoms with van der Waals surface area (Å²) in [4.78, 5) is 71.8. The Balaban J connectivity index is 0.000000517. The average Bonchev–Trinajstić information content (AvgIpc) is 3.82. The summed E-state index contributed by atoms with van der Waals surface area (Å²) < 4.78 is 5.66. The molecule has 0 bridgehead atoms. The number of carbonyl (C=O) groups is 6. The number of fused-ring (bicyclic) bond motifs is 1. The lowest BCUT2D eigenvalue weighted by Crippen LogP contribution is -2.63. The lowest BCUT2D eigenvalue weighted by Gasteiger charge is -2.42. The van der Waals surface area contributed by atoms with Gasteiger partial charge in [0.1, 0.15) is 29.5 Å². The summed E-state index contributed by atoms with van der Waals surface area (Å²) in [5, 5.41) is 47.4. The van der Waals surface area contributed by atoms with Crippen LogP contribution in [0.5, 0.6) is 0 Å². The molecule has 0 aromatic carbocycles. The van der Waals surface area contributed by atoms with Crippen molar-refractivity contribution in [1.29, 1.82) is 0 Å². The van der Waals surface area contributed by atoms with Gasteiger partial charge >= 0.3 is 6.03 Å². The Morgan fingerprint density at radius 3 is 1.98 bits per heavy atom. The van der Waals surface area contributed by atoms with Gasteiger partial charge in [-0.2, -0.15) is 11.8 Å². The highest BCUT2D eigenvalue weighted by Gasteiger charge is 2.45. The molecule has 17 nitrogen and oxygen atoms in total. The van der Waals surface area contributed by atoms with Crippen LogP contribution in [0.3, 0.4) is 0 Å². The zero-order valence-corrected chi connectivity index (χ0v) is 40.8. The molecule has 3 aliphatic rings. The number of ether oxygens (including phenoxy) is 1. The van der Waals surface area contributed by atoms with Crippen LogP contribution in [0, 0.1) is 0 Å². The van der Waals surface area contributed by atoms with E-state index in [0.29, 0.717) is 50.6 Å². The van der Waals surface area contributed by atoms with E-state index >= 15 is 0 Å². The van der Waals surface area contributed by atoms with Gasteiger partial charge in [0.25, 0.3) is 0 Å². The molecule has 3 saturated heterocycles. The smallest absolute Gasteiger partial charge is 0.315 e. The summed E-state index contributed by atoms with van der Waals surface area (Å²) >= 11 is 3.41. The molecule has 64 heavy (non-hydrogen) atoms. The average molecular weight is 946 g/mol. The van der Waals surface area contributed by atoms with Crippen molar-refractivity contribution < 1.29 is 48.8 Å². The topological polar surface area (TPSA) is 248 Å². The summed E-state index contributed by atoms with van der Waals surface area (Å²) in [6.07, 6.45) is 14.3. The summed E-state index contributed by atoms with van der Waals surface area (Å²) in [5.41, 5.74) is -0.480. The number of ketones is 1. The highest BCUT2D eigenvalue weighted by molar-refractivity contribution is 8.00. The van der Waals surface area contributed by atoms with Crippen molar-refractivity contribution in [3.63, 3.8) is 0 Å². The Morgan fingerprint density at radius 2 is 1.36 bits per heavy atom. The number of aliphatic hydroxyl groups excluding tert-OH is 3. The van der Waals surface area contributed by atoms with Crippen LogP contribution in [0.1, 0.15) is 142 Å². The van der Waals surface area contributed by atoms with E-state index in [1.165, 1.54) is 18.7 Å². The van der Waals surface area contributed by atoms with Crippen LogP contribution in [-0.2, 0) is 28.7 Å². The van der Waals surface area contributed by atoms with Crippen LogP contribution in [0.4, 0.5) is 4.79 Å². The zero-order valence-electron chi connectivity index (χ0n) is 39.2. The largest absolute Gasteiger partial charge is 0.394 e. The fourth-order valence-corrected chi connectivity index (χ4v) is 10.7. The van der Waals surface area contributed by atoms with Crippen molar-refractivity contribution in [2.24, 2.45) is 0 Å². The van der Waals surface area contributed by atoms with Gasteiger partial charge in [-0.3, -0.25) is 19.2 Å². The predicted molar refractivity (Wildman–Crippen MR) is 254 cm³/mol. The van der Waals surface area contributed by atoms with E-state index in [2.05, 4.69) is 31.9 Å². The first-order chi connectivity index (χ1) is 30.8. The van der Waals surface area contributed by atoms with Crippen molar-refractivity contribution in [2.75, 3.05) is 58.4 Å². The Morgan fingerprint density at radius 1 is 0.766 bits per heavy atom. The van der Waals surface area contributed by atoms with Crippen molar-refractivity contribution in [2.45, 2.75) is 189 Å². The van der Waals surface area contributed by atoms with Gasteiger partial charge in [-0.15, -0.1) is 11.8 Å². The molecule has 3 aliphatic heterocycles. The molecule has 0 aromatic heterocycles. The highest BCUT2D eigenvalue weighted by atomic mass is 32.2. The number of aliphatic hydroxyl groups is 3. The van der Waals surface area contributed by atoms with Crippen molar-refractivity contribution >= 4 is 59.0 Å². The second kappa shape index (κ2) is 34.6. The summed E-state index contributed by atoms with van der Waals surface area (Å²) in [5.74, 6) is 2.04. The van der Waals surface area contributed by atoms with Crippen LogP contribution in [-0.4, -0.2) is 161 Å². The fourth-order valence-electron chi connectivity index (χ4n) is 7.86. The number of nitrogens with zero attached hydrogens (tertiary/aromatic N) is 1. The molecule has 8 atom stereocenters. The molecule has 370 valence electrons. The number of nitrogens with one attached hydrogen (secondary N) is 6. The third-order valence-corrected chi connectivity index (χ3v) is 14.4. The second-order valence-corrected chi connectivity index (χ2v) is 19.8. The van der Waals surface area contributed by atoms with E-state index in [0.717, 1.165) is 121 Å². The van der Waals surface area contributed by atoms with Crippen LogP contribution in [0.2, 0.25) is 0 Å². The van der Waals surface area contributed by atoms with Gasteiger partial charge in [-0.1, -0.05) is 38.5 Å². The van der Waals surface area contributed by atoms with Gasteiger partial charge in [0.15, 0.2) is 0 Å². The third-order valence-electron chi connectivity index (χ3n) is 11.7. The lowest BCUT2D eigenvalue weighted by atomic mass is 9.98. The van der Waals surface area contributed by atoms with E-state index < -0.39 is 29.8 Å². The van der Waals surface area contributed by atoms with Gasteiger partial charge in [-0.05, 0) is 90.5 Å². The number of carbonyl (C=O) groups excluding carboxylic acids is 6. The number of rotatable bonds is 33. The standard InChI is InChI=1S/C30H53N5O5S.C15H30N2O5S/c1-23(36)14-6-3-11-19-31-26(37)16-7-4-12-20-32-27(38)17-8-5-13-21-35(2)28(39)18-10-9-15-25-29-24(22-41-25)33-30(40)34-29;1-10(19)17-12-14(21)13(20)11(9-18)22-15(12)23-8-6-4-3-5-7-16-2/h24-25,29H,3-22H2,1-2H3,(H,31,37)(H,32,38)(H2,33,34,40);11-16,18,20-21H,3-9H2,1-2H3,(H,17,19). The summed E-state index contributed by atoms with van der Waals surface area (Å²) in [6, 6.07) is -0.261. The molecule has 8 unspecified atom stereocenters. The van der Waals surface area contributed by atoms with E-state index in [1.807, 2.05) is 25.9 Å². The maximum absolute atomic E-state index is 12.4. The van der Waals surface area contributed by atoms with E-state index in [1.54, 1.807) is 11.8 Å². The number of thioether (sulfide) groups is 2. The Bertz CT molecular complexity index is 1370. The normalized spacial score (nSPS) is 23.5. The molecule has 3 rings (SSSR count). The van der Waals surface area contributed by atoms with Gasteiger partial charge in [0, 0.05) is 70.3 Å². The van der Waals surface area contributed by atoms with Gasteiger partial charge in [0.2, 0.25) is 23.6 Å². The van der Waals surface area contributed by atoms with E-state index in [-0.39, 0.29) is 54.1 Å². The minimum atomic E-state index is -1.21. The van der Waals surface area contributed by atoms with Crippen LogP contribution in [0.25, 0.3) is 0 Å². The molecule has 0 spiro atoms. The van der Waals surface area contributed by atoms with Gasteiger partial charge < -0.3 is 61.7 Å². The molecular weight excluding hydrogens is 863 g/mol. The van der Waals surface area contributed by atoms with Gasteiger partial charge in [-0.25, -0.2) is 4.79 Å². The highest BCUT2D eigenvalue weighted by Crippen LogP contribution is 2.33. The van der Waals surface area contributed by atoms with Crippen LogP contribution < -0.4 is 31.9 Å². The first-order valence-electron chi connectivity index (χ1n) is 23.9. The SMILES string of the molecule is CC(=O)CCCCCNC(=O)CCCCCNC(=O)CCCCCN(C)C(=O)CCCCC1SCC2NC(=O)NC21.CNCCCCCCSC1OC(CO)C(O)C(O)C1NC(C)=O. The van der Waals surface area contributed by atoms with Crippen LogP contribution >= 0.6 is 23.5 Å². The number of hydrogen-bond donors (Lipinski definition) is 9. The quantitative estimate of drug-likeness (QED) is 0.0340. The Kier molecular flexibility index (Phi) is 31.1. The molecule has 9 N–H and O–H groups in total. The summed E-state index contributed by atoms with van der Waals surface area (Å²) in [7, 11) is 3.80. The molecule has 6 amide bonds. The maximum Gasteiger partial charge on any atom is 0.315 e. The summed E-state index contributed by atoms with van der Waals surface area (Å²) in [6.45, 7) is 5.64. The first-order valence-corrected chi connectivity index (χ1v) is 26.0. The molecule has 0 radical (unpaired) electrons. The second-order valence-electron chi connectivity index (χ2n) is 17.3. The molecule has 19 heteroatoms. The Hall–Kier alpha value is -2.68. The monoisotopic (exact) mass is 946 g/mol. The molecule has 0 saturated carbocycles. The molecule has 0 aliphatic carbocycles. The van der Waals surface area contributed by atoms with Gasteiger partial charge in [0.05, 0.1) is 24.7 Å². The Labute approximate surface area is 391 Å². The van der Waals surface area contributed by atoms with Crippen molar-refractivity contribution in [3.8, 4) is 0 Å². The minimum Gasteiger partial charge on any atom is -0.394 e. The predicted octanol–water partition coefficient (Wildman–Crippen LogP) is 3.12. The molecule has 0 aromatic rings. The lowest BCUT2D eigenvalue weighted by molar-refractivity contribution is -0.173. The molecule has 3 fully saturated rings. The fraction of sp³-hybridized carbons (Fsp3) is 0.867.